The number of halogens is 3. The van der Waals surface area contributed by atoms with Gasteiger partial charge in [-0.2, -0.15) is 8.78 Å². The molecule has 148 valence electrons. The first-order chi connectivity index (χ1) is 12.4. The molecule has 0 radical (unpaired) electrons. The Morgan fingerprint density at radius 2 is 1.52 bits per heavy atom. The van der Waals surface area contributed by atoms with Crippen molar-refractivity contribution >= 4 is 32.4 Å². The number of hydrogen-bond acceptors (Lipinski definition) is 3. The lowest BCUT2D eigenvalue weighted by Gasteiger charge is -2.30. The third-order valence-corrected chi connectivity index (χ3v) is 7.39. The zero-order chi connectivity index (χ0) is 20.5. The molecule has 2 aromatic carbocycles. The average molecular weight is 436 g/mol. The summed E-state index contributed by atoms with van der Waals surface area (Å²) in [7, 11) is -6.99. The summed E-state index contributed by atoms with van der Waals surface area (Å²) in [6.45, 7) is 4.79. The quantitative estimate of drug-likeness (QED) is 0.726. The van der Waals surface area contributed by atoms with E-state index >= 15 is 8.78 Å². The topological polar surface area (TPSA) is 63.2 Å². The molecule has 0 aliphatic heterocycles. The molecule has 1 N–H and O–H groups in total. The van der Waals surface area contributed by atoms with Gasteiger partial charge in [-0.3, -0.25) is 0 Å². The van der Waals surface area contributed by atoms with E-state index in [1.54, 1.807) is 20.8 Å². The molecule has 27 heavy (non-hydrogen) atoms. The van der Waals surface area contributed by atoms with Gasteiger partial charge in [0, 0.05) is 5.02 Å². The molecule has 0 bridgehead atoms. The Morgan fingerprint density at radius 1 is 1.00 bits per heavy atom. The third-order valence-electron chi connectivity index (χ3n) is 3.73. The van der Waals surface area contributed by atoms with Gasteiger partial charge in [0.2, 0.25) is 9.84 Å². The Morgan fingerprint density at radius 3 is 2.00 bits per heavy atom. The lowest BCUT2D eigenvalue weighted by molar-refractivity contribution is 0.0559. The fraction of sp³-hybridized carbons (Fsp3) is 0.333. The summed E-state index contributed by atoms with van der Waals surface area (Å²) < 4.78 is 69.7. The van der Waals surface area contributed by atoms with Crippen LogP contribution in [0.5, 0.6) is 0 Å². The number of rotatable bonds is 6. The molecular weight excluding hydrogens is 416 g/mol. The standard InChI is InChI=1S/C18H20ClF2NO3S2/c1-17(2,3)26(23)22-16(13-9-11-14(19)12-10-13)18(20,21)27(24,25)15-7-5-4-6-8-15/h4-12,16,22H,1-3H3/t16?,26-/m0/s1. The van der Waals surface area contributed by atoms with Gasteiger partial charge in [0.15, 0.2) is 0 Å². The Hall–Kier alpha value is -1.35. The lowest BCUT2D eigenvalue weighted by atomic mass is 10.1. The first kappa shape index (κ1) is 21.9. The molecule has 2 rings (SSSR count). The molecule has 0 spiro atoms. The number of sulfone groups is 1. The fourth-order valence-electron chi connectivity index (χ4n) is 2.18. The average Bonchev–Trinajstić information content (AvgIpc) is 2.60. The van der Waals surface area contributed by atoms with Crippen molar-refractivity contribution in [2.45, 2.75) is 41.7 Å². The van der Waals surface area contributed by atoms with Crippen LogP contribution in [0.2, 0.25) is 5.02 Å². The summed E-state index contributed by atoms with van der Waals surface area (Å²) in [6, 6.07) is 9.74. The highest BCUT2D eigenvalue weighted by Crippen LogP contribution is 2.41. The maximum Gasteiger partial charge on any atom is 0.369 e. The number of hydrogen-bond donors (Lipinski definition) is 1. The Kier molecular flexibility index (Phi) is 6.46. The van der Waals surface area contributed by atoms with Crippen molar-refractivity contribution in [3.8, 4) is 0 Å². The number of benzene rings is 2. The molecule has 0 aliphatic rings. The second-order valence-electron chi connectivity index (χ2n) is 6.86. The van der Waals surface area contributed by atoms with Crippen molar-refractivity contribution in [3.05, 3.63) is 65.2 Å². The summed E-state index contributed by atoms with van der Waals surface area (Å²) in [5.74, 6) is 0. The van der Waals surface area contributed by atoms with Crippen LogP contribution in [0.25, 0.3) is 0 Å². The maximum absolute atomic E-state index is 15.3. The summed E-state index contributed by atoms with van der Waals surface area (Å²) in [6.07, 6.45) is 0. The molecule has 1 unspecified atom stereocenters. The zero-order valence-corrected chi connectivity index (χ0v) is 17.3. The molecule has 0 fully saturated rings. The number of nitrogens with one attached hydrogen (secondary N) is 1. The predicted octanol–water partition coefficient (Wildman–Crippen LogP) is 4.50. The summed E-state index contributed by atoms with van der Waals surface area (Å²) >= 11 is 5.81. The largest absolute Gasteiger partial charge is 0.369 e. The van der Waals surface area contributed by atoms with Gasteiger partial charge in [-0.25, -0.2) is 17.3 Å². The maximum atomic E-state index is 15.3. The highest BCUT2D eigenvalue weighted by Gasteiger charge is 2.54. The monoisotopic (exact) mass is 435 g/mol. The second kappa shape index (κ2) is 7.95. The van der Waals surface area contributed by atoms with Crippen LogP contribution in [0.1, 0.15) is 32.4 Å². The van der Waals surface area contributed by atoms with E-state index in [1.807, 2.05) is 0 Å². The van der Waals surface area contributed by atoms with E-state index in [-0.39, 0.29) is 5.56 Å². The van der Waals surface area contributed by atoms with Crippen molar-refractivity contribution in [1.29, 1.82) is 0 Å². The van der Waals surface area contributed by atoms with Gasteiger partial charge in [0.05, 0.1) is 20.6 Å². The first-order valence-corrected chi connectivity index (χ1v) is 11.0. The van der Waals surface area contributed by atoms with Gasteiger partial charge in [-0.15, -0.1) is 0 Å². The van der Waals surface area contributed by atoms with Crippen LogP contribution in [0.4, 0.5) is 8.78 Å². The van der Waals surface area contributed by atoms with Gasteiger partial charge in [0.1, 0.15) is 6.04 Å². The Bertz CT molecular complexity index is 912. The van der Waals surface area contributed by atoms with Gasteiger partial charge in [0.25, 0.3) is 0 Å². The Labute approximate surface area is 165 Å². The van der Waals surface area contributed by atoms with E-state index in [0.29, 0.717) is 5.02 Å². The van der Waals surface area contributed by atoms with Gasteiger partial charge in [-0.05, 0) is 50.6 Å². The van der Waals surface area contributed by atoms with Crippen LogP contribution in [-0.2, 0) is 20.8 Å². The van der Waals surface area contributed by atoms with Gasteiger partial charge >= 0.3 is 5.25 Å². The van der Waals surface area contributed by atoms with Gasteiger partial charge in [-0.1, -0.05) is 41.9 Å². The van der Waals surface area contributed by atoms with Crippen molar-refractivity contribution in [3.63, 3.8) is 0 Å². The number of alkyl halides is 2. The molecular formula is C18H20ClF2NO3S2. The molecule has 9 heteroatoms. The molecule has 0 aliphatic carbocycles. The molecule has 2 aromatic rings. The molecule has 4 nitrogen and oxygen atoms in total. The highest BCUT2D eigenvalue weighted by molar-refractivity contribution is 7.92. The smallest absolute Gasteiger partial charge is 0.242 e. The SMILES string of the molecule is CC(C)(C)[S@](=O)NC(c1ccc(Cl)cc1)C(F)(F)S(=O)(=O)c1ccccc1. The first-order valence-electron chi connectivity index (χ1n) is 7.98. The van der Waals surface area contributed by atoms with Crippen LogP contribution in [0.15, 0.2) is 59.5 Å². The normalized spacial score (nSPS) is 15.3. The van der Waals surface area contributed by atoms with E-state index in [9.17, 15) is 12.6 Å². The van der Waals surface area contributed by atoms with E-state index in [1.165, 1.54) is 42.5 Å². The Balaban J connectivity index is 2.57. The van der Waals surface area contributed by atoms with Crippen molar-refractivity contribution in [2.24, 2.45) is 0 Å². The molecule has 0 heterocycles. The molecule has 0 saturated heterocycles. The minimum absolute atomic E-state index is 0.0403. The van der Waals surface area contributed by atoms with E-state index in [4.69, 9.17) is 11.6 Å². The fourth-order valence-corrected chi connectivity index (χ4v) is 4.57. The van der Waals surface area contributed by atoms with E-state index in [0.717, 1.165) is 12.1 Å². The van der Waals surface area contributed by atoms with E-state index < -0.39 is 41.8 Å². The predicted molar refractivity (Wildman–Crippen MR) is 104 cm³/mol. The summed E-state index contributed by atoms with van der Waals surface area (Å²) in [4.78, 5) is -0.516. The van der Waals surface area contributed by atoms with Crippen LogP contribution in [-0.4, -0.2) is 22.6 Å². The van der Waals surface area contributed by atoms with Crippen LogP contribution in [0, 0.1) is 0 Å². The molecule has 0 aromatic heterocycles. The summed E-state index contributed by atoms with van der Waals surface area (Å²) in [5.41, 5.74) is -0.0403. The minimum Gasteiger partial charge on any atom is -0.242 e. The van der Waals surface area contributed by atoms with Crippen molar-refractivity contribution in [2.75, 3.05) is 0 Å². The van der Waals surface area contributed by atoms with Crippen LogP contribution < -0.4 is 4.72 Å². The van der Waals surface area contributed by atoms with Gasteiger partial charge < -0.3 is 0 Å². The molecule has 0 amide bonds. The summed E-state index contributed by atoms with van der Waals surface area (Å²) in [5, 5.41) is -3.95. The van der Waals surface area contributed by atoms with E-state index in [2.05, 4.69) is 4.72 Å². The lowest BCUT2D eigenvalue weighted by Crippen LogP contribution is -2.47. The third kappa shape index (κ3) is 4.74. The zero-order valence-electron chi connectivity index (χ0n) is 14.9. The van der Waals surface area contributed by atoms with Crippen LogP contribution >= 0.6 is 11.6 Å². The van der Waals surface area contributed by atoms with Crippen molar-refractivity contribution < 1.29 is 21.4 Å². The molecule has 0 saturated carbocycles. The molecule has 2 atom stereocenters. The van der Waals surface area contributed by atoms with Crippen LogP contribution in [0.3, 0.4) is 0 Å². The van der Waals surface area contributed by atoms with Crippen molar-refractivity contribution in [1.82, 2.24) is 4.72 Å². The highest BCUT2D eigenvalue weighted by atomic mass is 35.5. The second-order valence-corrected chi connectivity index (χ2v) is 11.3. The minimum atomic E-state index is -5.05.